The van der Waals surface area contributed by atoms with Crippen molar-refractivity contribution in [2.45, 2.75) is 9.79 Å². The Morgan fingerprint density at radius 2 is 1.73 bits per heavy atom. The first kappa shape index (κ1) is 16.0. The molecular formula is C14H9ClN2O4S. The van der Waals surface area contributed by atoms with Crippen LogP contribution in [-0.4, -0.2) is 9.85 Å². The van der Waals surface area contributed by atoms with Crippen LogP contribution < -0.4 is 0 Å². The van der Waals surface area contributed by atoms with Crippen LogP contribution in [0, 0.1) is 20.2 Å². The van der Waals surface area contributed by atoms with E-state index in [0.717, 1.165) is 11.1 Å². The van der Waals surface area contributed by atoms with Crippen molar-refractivity contribution in [3.63, 3.8) is 0 Å². The Balaban J connectivity index is 2.32. The summed E-state index contributed by atoms with van der Waals surface area (Å²) in [4.78, 5) is 21.6. The van der Waals surface area contributed by atoms with Crippen LogP contribution in [0.4, 0.5) is 5.69 Å². The summed E-state index contributed by atoms with van der Waals surface area (Å²) in [7, 11) is 0. The van der Waals surface area contributed by atoms with Gasteiger partial charge in [0, 0.05) is 22.1 Å². The van der Waals surface area contributed by atoms with Gasteiger partial charge in [-0.15, -0.1) is 0 Å². The third kappa shape index (κ3) is 4.31. The fourth-order valence-corrected chi connectivity index (χ4v) is 2.67. The molecule has 0 saturated carbocycles. The second-order valence-electron chi connectivity index (χ2n) is 4.14. The van der Waals surface area contributed by atoms with Gasteiger partial charge in [-0.25, -0.2) is 0 Å². The minimum absolute atomic E-state index is 0.106. The van der Waals surface area contributed by atoms with E-state index in [4.69, 9.17) is 11.6 Å². The van der Waals surface area contributed by atoms with E-state index in [-0.39, 0.29) is 5.69 Å². The highest BCUT2D eigenvalue weighted by Gasteiger charge is 2.15. The molecule has 0 radical (unpaired) electrons. The Morgan fingerprint density at radius 3 is 2.32 bits per heavy atom. The molecule has 6 nitrogen and oxygen atoms in total. The van der Waals surface area contributed by atoms with E-state index in [9.17, 15) is 20.2 Å². The summed E-state index contributed by atoms with van der Waals surface area (Å²) in [5.74, 6) is 0. The highest BCUT2D eigenvalue weighted by Crippen LogP contribution is 2.35. The molecule has 0 aliphatic heterocycles. The zero-order chi connectivity index (χ0) is 16.1. The minimum Gasteiger partial charge on any atom is -0.259 e. The molecule has 0 unspecified atom stereocenters. The van der Waals surface area contributed by atoms with Crippen molar-refractivity contribution < 1.29 is 9.85 Å². The first-order valence-corrected chi connectivity index (χ1v) is 7.19. The molecule has 0 N–H and O–H groups in total. The van der Waals surface area contributed by atoms with E-state index in [2.05, 4.69) is 0 Å². The fourth-order valence-electron chi connectivity index (χ4n) is 1.64. The first-order chi connectivity index (χ1) is 10.5. The lowest BCUT2D eigenvalue weighted by molar-refractivity contribution is -0.401. The van der Waals surface area contributed by atoms with Gasteiger partial charge < -0.3 is 0 Å². The number of nitro groups is 2. The molecule has 0 bridgehead atoms. The fraction of sp³-hybridized carbons (Fsp3) is 0. The van der Waals surface area contributed by atoms with E-state index in [1.807, 2.05) is 0 Å². The van der Waals surface area contributed by atoms with Crippen molar-refractivity contribution in [2.24, 2.45) is 0 Å². The lowest BCUT2D eigenvalue weighted by Gasteiger charge is -2.04. The van der Waals surface area contributed by atoms with E-state index in [1.54, 1.807) is 36.4 Å². The van der Waals surface area contributed by atoms with Gasteiger partial charge in [-0.1, -0.05) is 29.4 Å². The Morgan fingerprint density at radius 1 is 1.05 bits per heavy atom. The van der Waals surface area contributed by atoms with E-state index in [1.165, 1.54) is 23.9 Å². The van der Waals surface area contributed by atoms with Crippen LogP contribution in [0.3, 0.4) is 0 Å². The van der Waals surface area contributed by atoms with Crippen LogP contribution in [0.5, 0.6) is 0 Å². The lowest BCUT2D eigenvalue weighted by Crippen LogP contribution is -1.92. The summed E-state index contributed by atoms with van der Waals surface area (Å²) in [5, 5.41) is 22.0. The molecule has 0 heterocycles. The van der Waals surface area contributed by atoms with Gasteiger partial charge in [0.05, 0.1) is 14.7 Å². The van der Waals surface area contributed by atoms with Crippen LogP contribution in [0.1, 0.15) is 5.56 Å². The molecule has 22 heavy (non-hydrogen) atoms. The highest BCUT2D eigenvalue weighted by atomic mass is 35.5. The largest absolute Gasteiger partial charge is 0.283 e. The average molecular weight is 337 g/mol. The molecule has 2 aromatic carbocycles. The van der Waals surface area contributed by atoms with Crippen molar-refractivity contribution in [3.05, 3.63) is 79.5 Å². The van der Waals surface area contributed by atoms with Gasteiger partial charge in [-0.05, 0) is 35.9 Å². The normalized spacial score (nSPS) is 10.8. The smallest absolute Gasteiger partial charge is 0.259 e. The predicted octanol–water partition coefficient (Wildman–Crippen LogP) is 4.65. The summed E-state index contributed by atoms with van der Waals surface area (Å²) in [6.45, 7) is 0. The predicted molar refractivity (Wildman–Crippen MR) is 84.7 cm³/mol. The van der Waals surface area contributed by atoms with Gasteiger partial charge >= 0.3 is 0 Å². The molecule has 112 valence electrons. The molecule has 0 spiro atoms. The minimum atomic E-state index is -0.623. The number of nitrogens with zero attached hydrogens (tertiary/aromatic N) is 2. The van der Waals surface area contributed by atoms with Gasteiger partial charge in [-0.2, -0.15) is 0 Å². The van der Waals surface area contributed by atoms with Crippen molar-refractivity contribution in [1.29, 1.82) is 0 Å². The molecular weight excluding hydrogens is 328 g/mol. The molecule has 0 aliphatic rings. The number of halogens is 1. The van der Waals surface area contributed by atoms with E-state index < -0.39 is 9.85 Å². The zero-order valence-electron chi connectivity index (χ0n) is 11.0. The average Bonchev–Trinajstić information content (AvgIpc) is 2.48. The maximum absolute atomic E-state index is 11.2. The third-order valence-corrected chi connectivity index (χ3v) is 3.93. The summed E-state index contributed by atoms with van der Waals surface area (Å²) in [5.41, 5.74) is 0.286. The zero-order valence-corrected chi connectivity index (χ0v) is 12.6. The second-order valence-corrected chi connectivity index (χ2v) is 5.69. The number of benzene rings is 2. The molecule has 0 saturated heterocycles. The maximum Gasteiger partial charge on any atom is 0.283 e. The van der Waals surface area contributed by atoms with Crippen molar-refractivity contribution in [3.8, 4) is 0 Å². The topological polar surface area (TPSA) is 86.3 Å². The first-order valence-electron chi connectivity index (χ1n) is 5.99. The molecule has 2 rings (SSSR count). The van der Waals surface area contributed by atoms with Gasteiger partial charge in [0.15, 0.2) is 0 Å². The molecule has 0 aromatic heterocycles. The number of hydrogen-bond donors (Lipinski definition) is 0. The lowest BCUT2D eigenvalue weighted by atomic mass is 10.2. The van der Waals surface area contributed by atoms with Crippen LogP contribution >= 0.6 is 23.4 Å². The van der Waals surface area contributed by atoms with Gasteiger partial charge in [-0.3, -0.25) is 20.2 Å². The number of hydrogen-bond acceptors (Lipinski definition) is 5. The summed E-state index contributed by atoms with van der Waals surface area (Å²) >= 11 is 7.02. The van der Waals surface area contributed by atoms with Crippen molar-refractivity contribution in [2.75, 3.05) is 0 Å². The van der Waals surface area contributed by atoms with Crippen molar-refractivity contribution >= 4 is 35.1 Å². The molecule has 8 heteroatoms. The van der Waals surface area contributed by atoms with Gasteiger partial charge in [0.2, 0.25) is 6.20 Å². The summed E-state index contributed by atoms with van der Waals surface area (Å²) in [6.07, 6.45) is 1.95. The summed E-state index contributed by atoms with van der Waals surface area (Å²) in [6, 6.07) is 11.4. The Kier molecular flexibility index (Phi) is 5.13. The molecule has 2 aromatic rings. The Bertz CT molecular complexity index is 747. The molecule has 0 aliphatic carbocycles. The highest BCUT2D eigenvalue weighted by molar-refractivity contribution is 7.99. The van der Waals surface area contributed by atoms with Crippen LogP contribution in [-0.2, 0) is 0 Å². The monoisotopic (exact) mass is 336 g/mol. The Hall–Kier alpha value is -2.38. The van der Waals surface area contributed by atoms with E-state index >= 15 is 0 Å². The standard InChI is InChI=1S/C14H9ClN2O4S/c15-11-2-4-12(5-3-11)22-14-6-1-10(7-8-16(18)19)9-13(14)17(20)21/h1-9H/b8-7-. The molecule has 0 amide bonds. The molecule has 0 atom stereocenters. The van der Waals surface area contributed by atoms with Crippen molar-refractivity contribution in [1.82, 2.24) is 0 Å². The third-order valence-electron chi connectivity index (χ3n) is 2.61. The second kappa shape index (κ2) is 7.06. The quantitative estimate of drug-likeness (QED) is 0.586. The number of rotatable bonds is 5. The van der Waals surface area contributed by atoms with Crippen LogP contribution in [0.15, 0.2) is 58.5 Å². The summed E-state index contributed by atoms with van der Waals surface area (Å²) < 4.78 is 0. The number of nitro benzene ring substituents is 1. The Labute approximate surface area is 134 Å². The SMILES string of the molecule is O=[N+]([O-])/C=C\c1ccc(Sc2ccc(Cl)cc2)c([N+](=O)[O-])c1. The van der Waals surface area contributed by atoms with Crippen LogP contribution in [0.2, 0.25) is 5.02 Å². The van der Waals surface area contributed by atoms with E-state index in [0.29, 0.717) is 15.5 Å². The van der Waals surface area contributed by atoms with Gasteiger partial charge in [0.25, 0.3) is 5.69 Å². The maximum atomic E-state index is 11.2. The van der Waals surface area contributed by atoms with Gasteiger partial charge in [0.1, 0.15) is 0 Å². The van der Waals surface area contributed by atoms with Crippen LogP contribution in [0.25, 0.3) is 6.08 Å². The molecule has 0 fully saturated rings.